The number of amides is 1. The summed E-state index contributed by atoms with van der Waals surface area (Å²) >= 11 is 0. The summed E-state index contributed by atoms with van der Waals surface area (Å²) in [6.45, 7) is 8.34. The van der Waals surface area contributed by atoms with Crippen LogP contribution in [0, 0.1) is 0 Å². The van der Waals surface area contributed by atoms with Crippen LogP contribution in [0.5, 0.6) is 5.75 Å². The maximum Gasteiger partial charge on any atom is 0.251 e. The quantitative estimate of drug-likeness (QED) is 0.474. The Kier molecular flexibility index (Phi) is 7.60. The molecule has 2 aliphatic heterocycles. The lowest BCUT2D eigenvalue weighted by Crippen LogP contribution is -2.57. The van der Waals surface area contributed by atoms with Gasteiger partial charge in [-0.2, -0.15) is 5.10 Å². The molecule has 3 aliphatic rings. The van der Waals surface area contributed by atoms with Crippen molar-refractivity contribution in [3.63, 3.8) is 0 Å². The number of carbonyl (C=O) groups is 1. The minimum atomic E-state index is -0.0255. The average Bonchev–Trinajstić information content (AvgIpc) is 3.60. The van der Waals surface area contributed by atoms with Gasteiger partial charge in [0.05, 0.1) is 42.8 Å². The Hall–Kier alpha value is -2.94. The second-order valence-corrected chi connectivity index (χ2v) is 11.5. The molecule has 1 unspecified atom stereocenters. The van der Waals surface area contributed by atoms with Crippen molar-refractivity contribution in [2.24, 2.45) is 0 Å². The van der Waals surface area contributed by atoms with Gasteiger partial charge in [-0.3, -0.25) is 9.69 Å². The number of fused-ring (bicyclic) bond motifs is 1. The number of carbonyl (C=O) groups excluding carboxylic acids is 1. The molecule has 1 saturated carbocycles. The number of ether oxygens (including phenoxy) is 3. The highest BCUT2D eigenvalue weighted by Gasteiger charge is 2.40. The van der Waals surface area contributed by atoms with Crippen LogP contribution in [0.4, 0.5) is 0 Å². The van der Waals surface area contributed by atoms with Crippen LogP contribution in [0.25, 0.3) is 16.6 Å². The van der Waals surface area contributed by atoms with E-state index >= 15 is 0 Å². The van der Waals surface area contributed by atoms with Crippen molar-refractivity contribution in [3.8, 4) is 11.4 Å². The molecule has 1 N–H and O–H groups in total. The number of morpholine rings is 1. The zero-order chi connectivity index (χ0) is 26.8. The van der Waals surface area contributed by atoms with Gasteiger partial charge < -0.3 is 19.5 Å². The molecule has 0 spiro atoms. The first-order valence-corrected chi connectivity index (χ1v) is 14.5. The van der Waals surface area contributed by atoms with Gasteiger partial charge in [-0.15, -0.1) is 0 Å². The summed E-state index contributed by atoms with van der Waals surface area (Å²) in [6.07, 6.45) is 8.95. The molecule has 1 amide bonds. The van der Waals surface area contributed by atoms with Gasteiger partial charge in [-0.1, -0.05) is 12.8 Å². The fraction of sp³-hybridized carbons (Fsp3) is 0.548. The van der Waals surface area contributed by atoms with E-state index in [1.165, 1.54) is 12.8 Å². The smallest absolute Gasteiger partial charge is 0.251 e. The lowest BCUT2D eigenvalue weighted by atomic mass is 9.94. The molecule has 1 aliphatic carbocycles. The molecule has 8 nitrogen and oxygen atoms in total. The molecule has 1 aromatic heterocycles. The average molecular weight is 533 g/mol. The largest absolute Gasteiger partial charge is 0.490 e. The molecule has 39 heavy (non-hydrogen) atoms. The van der Waals surface area contributed by atoms with Crippen molar-refractivity contribution >= 4 is 16.8 Å². The molecule has 2 aromatic carbocycles. The fourth-order valence-electron chi connectivity index (χ4n) is 6.70. The lowest BCUT2D eigenvalue weighted by Gasteiger charge is -2.43. The minimum absolute atomic E-state index is 0.0255. The first kappa shape index (κ1) is 26.3. The van der Waals surface area contributed by atoms with E-state index in [1.807, 2.05) is 53.3 Å². The third kappa shape index (κ3) is 5.69. The summed E-state index contributed by atoms with van der Waals surface area (Å²) in [6, 6.07) is 13.9. The molecule has 3 heterocycles. The van der Waals surface area contributed by atoms with Crippen molar-refractivity contribution in [2.45, 2.75) is 76.2 Å². The Morgan fingerprint density at radius 2 is 1.77 bits per heavy atom. The van der Waals surface area contributed by atoms with E-state index < -0.39 is 0 Å². The van der Waals surface area contributed by atoms with Crippen molar-refractivity contribution in [1.29, 1.82) is 0 Å². The highest BCUT2D eigenvalue weighted by Crippen LogP contribution is 2.35. The van der Waals surface area contributed by atoms with Gasteiger partial charge in [-0.25, -0.2) is 4.68 Å². The topological polar surface area (TPSA) is 77.9 Å². The van der Waals surface area contributed by atoms with E-state index in [0.717, 1.165) is 74.3 Å². The number of nitrogens with zero attached hydrogens (tertiary/aromatic N) is 3. The van der Waals surface area contributed by atoms with E-state index in [1.54, 1.807) is 0 Å². The molecule has 6 rings (SSSR count). The molecule has 0 radical (unpaired) electrons. The van der Waals surface area contributed by atoms with Crippen LogP contribution in [0.15, 0.2) is 48.7 Å². The first-order valence-electron chi connectivity index (χ1n) is 14.5. The molecular formula is C31H40N4O4. The van der Waals surface area contributed by atoms with E-state index in [9.17, 15) is 4.79 Å². The molecule has 0 bridgehead atoms. The van der Waals surface area contributed by atoms with Crippen LogP contribution in [0.3, 0.4) is 0 Å². The second-order valence-electron chi connectivity index (χ2n) is 11.5. The number of aromatic nitrogens is 2. The SMILES string of the molecule is C[C@@H]1CC(Oc2ccc(-n3ncc4cc(C(=O)NCC5(N6CCOCC6)CCCC5)ccc43)cc2)C[C@H](C)O1. The van der Waals surface area contributed by atoms with Gasteiger partial charge in [0, 0.05) is 49.0 Å². The van der Waals surface area contributed by atoms with Gasteiger partial charge >= 0.3 is 0 Å². The Morgan fingerprint density at radius 1 is 1.05 bits per heavy atom. The van der Waals surface area contributed by atoms with Gasteiger partial charge in [0.2, 0.25) is 0 Å². The van der Waals surface area contributed by atoms with Crippen LogP contribution in [0.1, 0.15) is 62.7 Å². The normalized spacial score (nSPS) is 25.5. The van der Waals surface area contributed by atoms with Crippen molar-refractivity contribution < 1.29 is 19.0 Å². The van der Waals surface area contributed by atoms with Gasteiger partial charge in [0.25, 0.3) is 5.91 Å². The Labute approximate surface area is 230 Å². The van der Waals surface area contributed by atoms with E-state index in [4.69, 9.17) is 14.2 Å². The predicted octanol–water partition coefficient (Wildman–Crippen LogP) is 4.74. The Balaban J connectivity index is 1.12. The third-order valence-corrected chi connectivity index (χ3v) is 8.66. The molecule has 3 fully saturated rings. The van der Waals surface area contributed by atoms with Crippen molar-refractivity contribution in [2.75, 3.05) is 32.8 Å². The van der Waals surface area contributed by atoms with Gasteiger partial charge in [0.1, 0.15) is 11.9 Å². The van der Waals surface area contributed by atoms with Gasteiger partial charge in [-0.05, 0) is 69.2 Å². The number of hydrogen-bond donors (Lipinski definition) is 1. The summed E-state index contributed by atoms with van der Waals surface area (Å²) < 4.78 is 19.5. The van der Waals surface area contributed by atoms with E-state index in [0.29, 0.717) is 12.1 Å². The third-order valence-electron chi connectivity index (χ3n) is 8.66. The molecule has 3 atom stereocenters. The number of hydrogen-bond acceptors (Lipinski definition) is 6. The molecule has 2 saturated heterocycles. The minimum Gasteiger partial charge on any atom is -0.490 e. The van der Waals surface area contributed by atoms with E-state index in [-0.39, 0.29) is 29.8 Å². The first-order chi connectivity index (χ1) is 19.0. The van der Waals surface area contributed by atoms with Crippen molar-refractivity contribution in [3.05, 3.63) is 54.2 Å². The summed E-state index contributed by atoms with van der Waals surface area (Å²) in [7, 11) is 0. The van der Waals surface area contributed by atoms with Crippen molar-refractivity contribution in [1.82, 2.24) is 20.0 Å². The molecule has 8 heteroatoms. The fourth-order valence-corrected chi connectivity index (χ4v) is 6.70. The predicted molar refractivity (Wildman–Crippen MR) is 151 cm³/mol. The number of rotatable bonds is 7. The summed E-state index contributed by atoms with van der Waals surface area (Å²) in [4.78, 5) is 15.7. The Morgan fingerprint density at radius 3 is 2.49 bits per heavy atom. The monoisotopic (exact) mass is 532 g/mol. The number of benzene rings is 2. The Bertz CT molecular complexity index is 1270. The molecule has 208 valence electrons. The van der Waals surface area contributed by atoms with Crippen LogP contribution < -0.4 is 10.1 Å². The second kappa shape index (κ2) is 11.3. The maximum atomic E-state index is 13.2. The van der Waals surface area contributed by atoms with Crippen LogP contribution >= 0.6 is 0 Å². The van der Waals surface area contributed by atoms with Crippen LogP contribution in [0.2, 0.25) is 0 Å². The highest BCUT2D eigenvalue weighted by atomic mass is 16.5. The maximum absolute atomic E-state index is 13.2. The summed E-state index contributed by atoms with van der Waals surface area (Å²) in [5.74, 6) is 0.833. The van der Waals surface area contributed by atoms with Crippen LogP contribution in [-0.4, -0.2) is 77.3 Å². The van der Waals surface area contributed by atoms with Gasteiger partial charge in [0.15, 0.2) is 0 Å². The summed E-state index contributed by atoms with van der Waals surface area (Å²) in [5.41, 5.74) is 2.65. The van der Waals surface area contributed by atoms with E-state index in [2.05, 4.69) is 29.2 Å². The summed E-state index contributed by atoms with van der Waals surface area (Å²) in [5, 5.41) is 8.82. The molecular weight excluding hydrogens is 492 g/mol. The zero-order valence-electron chi connectivity index (χ0n) is 23.1. The highest BCUT2D eigenvalue weighted by molar-refractivity contribution is 5.98. The zero-order valence-corrected chi connectivity index (χ0v) is 23.1. The lowest BCUT2D eigenvalue weighted by molar-refractivity contribution is -0.0721. The standard InChI is InChI=1S/C31H40N4O4/c1-22-17-28(18-23(2)38-22)39-27-8-6-26(7-9-27)35-29-10-5-24(19-25(29)20-33-35)30(36)32-21-31(11-3-4-12-31)34-13-15-37-16-14-34/h5-10,19-20,22-23,28H,3-4,11-18,21H2,1-2H3,(H,32,36)/t22-,23+,28?. The van der Waals surface area contributed by atoms with Crippen LogP contribution in [-0.2, 0) is 9.47 Å². The number of nitrogens with one attached hydrogen (secondary N) is 1. The molecule has 3 aromatic rings.